The van der Waals surface area contributed by atoms with Crippen molar-refractivity contribution >= 4 is 17.5 Å². The van der Waals surface area contributed by atoms with Gasteiger partial charge in [-0.25, -0.2) is 9.67 Å². The molecule has 2 atom stereocenters. The number of benzene rings is 1. The largest absolute Gasteiger partial charge is 0.460 e. The molecule has 0 amide bonds. The molecule has 3 aliphatic heterocycles. The van der Waals surface area contributed by atoms with Gasteiger partial charge in [0.05, 0.1) is 25.3 Å². The first kappa shape index (κ1) is 30.6. The maximum absolute atomic E-state index is 13.2. The lowest BCUT2D eigenvalue weighted by Crippen LogP contribution is -2.36. The van der Waals surface area contributed by atoms with Gasteiger partial charge >= 0.3 is 5.97 Å². The number of carbonyl (C=O) groups is 1. The lowest BCUT2D eigenvalue weighted by atomic mass is 9.93. The molecule has 9 heteroatoms. The summed E-state index contributed by atoms with van der Waals surface area (Å²) in [5, 5.41) is 8.00. The van der Waals surface area contributed by atoms with Crippen LogP contribution >= 0.6 is 0 Å². The topological polar surface area (TPSA) is 84.8 Å². The molecule has 0 saturated carbocycles. The van der Waals surface area contributed by atoms with E-state index in [0.29, 0.717) is 12.3 Å². The Balaban J connectivity index is 1.18. The van der Waals surface area contributed by atoms with Gasteiger partial charge in [-0.3, -0.25) is 4.79 Å². The maximum atomic E-state index is 13.2. The highest BCUT2D eigenvalue weighted by Gasteiger charge is 2.29. The molecular formula is C35H48N6O3. The van der Waals surface area contributed by atoms with Gasteiger partial charge in [0.25, 0.3) is 0 Å². The van der Waals surface area contributed by atoms with Crippen molar-refractivity contribution in [2.75, 3.05) is 62.7 Å². The normalized spacial score (nSPS) is 19.8. The van der Waals surface area contributed by atoms with Gasteiger partial charge in [0.1, 0.15) is 11.4 Å². The second-order valence-electron chi connectivity index (χ2n) is 13.6. The molecule has 6 rings (SSSR count). The standard InChI is InChI=1S/C35H48N6O3/c1-35(2,3)44-33(42)22-29(28-20-31(40-16-18-43-19-17-40)23-32(21-28)41-14-5-13-37-41)25-39-15-11-26(24-39)7-9-30-10-8-27-6-4-12-36-34(27)38-30/h5,8,10,13-14,20-21,23,26,29H,4,6-7,9,11-12,15-19,22,24-25H2,1-3H3,(H,36,38)/t26-,29?/m1/s1. The van der Waals surface area contributed by atoms with Gasteiger partial charge in [0.2, 0.25) is 0 Å². The summed E-state index contributed by atoms with van der Waals surface area (Å²) >= 11 is 0. The van der Waals surface area contributed by atoms with Crippen LogP contribution in [-0.2, 0) is 27.1 Å². The number of hydrogen-bond donors (Lipinski definition) is 1. The van der Waals surface area contributed by atoms with Crippen LogP contribution < -0.4 is 10.2 Å². The average Bonchev–Trinajstić information content (AvgIpc) is 3.72. The van der Waals surface area contributed by atoms with Gasteiger partial charge in [-0.2, -0.15) is 5.10 Å². The Hall–Kier alpha value is -3.43. The highest BCUT2D eigenvalue weighted by atomic mass is 16.6. The van der Waals surface area contributed by atoms with Crippen LogP contribution in [0.4, 0.5) is 11.5 Å². The monoisotopic (exact) mass is 600 g/mol. The number of esters is 1. The van der Waals surface area contributed by atoms with Crippen LogP contribution in [0.1, 0.15) is 69.2 Å². The first-order valence-electron chi connectivity index (χ1n) is 16.4. The number of likely N-dealkylation sites (tertiary alicyclic amines) is 1. The minimum absolute atomic E-state index is 0.00675. The van der Waals surface area contributed by atoms with Crippen molar-refractivity contribution in [3.63, 3.8) is 0 Å². The van der Waals surface area contributed by atoms with E-state index in [-0.39, 0.29) is 11.9 Å². The second kappa shape index (κ2) is 13.7. The molecule has 2 fully saturated rings. The molecule has 3 aliphatic rings. The first-order chi connectivity index (χ1) is 21.3. The lowest BCUT2D eigenvalue weighted by Gasteiger charge is -2.31. The van der Waals surface area contributed by atoms with Crippen molar-refractivity contribution in [1.29, 1.82) is 0 Å². The van der Waals surface area contributed by atoms with Crippen LogP contribution in [0.2, 0.25) is 0 Å². The predicted octanol–water partition coefficient (Wildman–Crippen LogP) is 5.23. The van der Waals surface area contributed by atoms with E-state index in [9.17, 15) is 4.79 Å². The molecule has 5 heterocycles. The molecule has 0 aliphatic carbocycles. The van der Waals surface area contributed by atoms with E-state index in [1.807, 2.05) is 37.7 Å². The van der Waals surface area contributed by atoms with Crippen LogP contribution in [0.15, 0.2) is 48.8 Å². The summed E-state index contributed by atoms with van der Waals surface area (Å²) in [5.74, 6) is 1.57. The number of rotatable bonds is 10. The molecule has 0 radical (unpaired) electrons. The minimum atomic E-state index is -0.517. The zero-order valence-corrected chi connectivity index (χ0v) is 26.6. The van der Waals surface area contributed by atoms with Crippen LogP contribution in [0.25, 0.3) is 5.69 Å². The molecular weight excluding hydrogens is 552 g/mol. The molecule has 44 heavy (non-hydrogen) atoms. The Morgan fingerprint density at radius 1 is 1.14 bits per heavy atom. The van der Waals surface area contributed by atoms with Crippen LogP contribution in [-0.4, -0.2) is 83.7 Å². The number of anilines is 2. The lowest BCUT2D eigenvalue weighted by molar-refractivity contribution is -0.155. The Bertz CT molecular complexity index is 1400. The average molecular weight is 601 g/mol. The zero-order chi connectivity index (χ0) is 30.5. The number of nitrogens with one attached hydrogen (secondary N) is 1. The smallest absolute Gasteiger partial charge is 0.306 e. The van der Waals surface area contributed by atoms with Crippen molar-refractivity contribution in [3.05, 3.63) is 65.6 Å². The predicted molar refractivity (Wildman–Crippen MR) is 174 cm³/mol. The summed E-state index contributed by atoms with van der Waals surface area (Å²) in [6.45, 7) is 12.9. The fourth-order valence-corrected chi connectivity index (χ4v) is 6.77. The molecule has 2 saturated heterocycles. The summed E-state index contributed by atoms with van der Waals surface area (Å²) in [5.41, 5.74) is 5.32. The third kappa shape index (κ3) is 7.99. The van der Waals surface area contributed by atoms with Crippen LogP contribution in [0.3, 0.4) is 0 Å². The number of hydrogen-bond acceptors (Lipinski definition) is 8. The van der Waals surface area contributed by atoms with E-state index in [4.69, 9.17) is 14.5 Å². The van der Waals surface area contributed by atoms with Gasteiger partial charge in [-0.15, -0.1) is 0 Å². The van der Waals surface area contributed by atoms with E-state index >= 15 is 0 Å². The van der Waals surface area contributed by atoms with E-state index in [2.05, 4.69) is 50.5 Å². The van der Waals surface area contributed by atoms with Gasteiger partial charge in [-0.1, -0.05) is 6.07 Å². The van der Waals surface area contributed by atoms with Gasteiger partial charge in [0.15, 0.2) is 0 Å². The van der Waals surface area contributed by atoms with E-state index in [1.165, 1.54) is 24.1 Å². The number of aryl methyl sites for hydroxylation is 2. The fraction of sp³-hybridized carbons (Fsp3) is 0.571. The Labute approximate surface area is 261 Å². The SMILES string of the molecule is CC(C)(C)OC(=O)CC(CN1CC[C@@H](CCc2ccc3c(n2)NCCC3)C1)c1cc(N2CCOCC2)cc(-n2cccn2)c1. The summed E-state index contributed by atoms with van der Waals surface area (Å²) in [4.78, 5) is 23.1. The summed E-state index contributed by atoms with van der Waals surface area (Å²) in [7, 11) is 0. The number of fused-ring (bicyclic) bond motifs is 1. The molecule has 3 aromatic rings. The number of aromatic nitrogens is 3. The van der Waals surface area contributed by atoms with Crippen LogP contribution in [0, 0.1) is 5.92 Å². The third-order valence-corrected chi connectivity index (χ3v) is 8.98. The molecule has 9 nitrogen and oxygen atoms in total. The minimum Gasteiger partial charge on any atom is -0.460 e. The molecule has 2 aromatic heterocycles. The Kier molecular flexibility index (Phi) is 9.52. The number of nitrogens with zero attached hydrogens (tertiary/aromatic N) is 5. The number of pyridine rings is 1. The van der Waals surface area contributed by atoms with Crippen molar-refractivity contribution in [2.45, 2.75) is 70.8 Å². The molecule has 1 aromatic carbocycles. The highest BCUT2D eigenvalue weighted by molar-refractivity contribution is 5.71. The van der Waals surface area contributed by atoms with E-state index in [1.54, 1.807) is 6.20 Å². The molecule has 1 N–H and O–H groups in total. The molecule has 0 spiro atoms. The maximum Gasteiger partial charge on any atom is 0.306 e. The van der Waals surface area contributed by atoms with Crippen molar-refractivity contribution in [3.8, 4) is 5.69 Å². The van der Waals surface area contributed by atoms with Gasteiger partial charge in [0, 0.05) is 62.4 Å². The summed E-state index contributed by atoms with van der Waals surface area (Å²) < 4.78 is 13.4. The Morgan fingerprint density at radius 2 is 1.98 bits per heavy atom. The molecule has 0 bridgehead atoms. The Morgan fingerprint density at radius 3 is 2.77 bits per heavy atom. The van der Waals surface area contributed by atoms with Crippen LogP contribution in [0.5, 0.6) is 0 Å². The van der Waals surface area contributed by atoms with Crippen molar-refractivity contribution < 1.29 is 14.3 Å². The number of ether oxygens (including phenoxy) is 2. The first-order valence-corrected chi connectivity index (χ1v) is 16.4. The van der Waals surface area contributed by atoms with Gasteiger partial charge < -0.3 is 24.6 Å². The van der Waals surface area contributed by atoms with E-state index < -0.39 is 5.60 Å². The third-order valence-electron chi connectivity index (χ3n) is 8.98. The molecule has 236 valence electrons. The van der Waals surface area contributed by atoms with Gasteiger partial charge in [-0.05, 0) is 107 Å². The molecule has 1 unspecified atom stereocenters. The van der Waals surface area contributed by atoms with Crippen molar-refractivity contribution in [1.82, 2.24) is 19.7 Å². The summed E-state index contributed by atoms with van der Waals surface area (Å²) in [6, 6.07) is 13.1. The zero-order valence-electron chi connectivity index (χ0n) is 26.6. The number of carbonyl (C=O) groups excluding carboxylic acids is 1. The summed E-state index contributed by atoms with van der Waals surface area (Å²) in [6.07, 6.45) is 9.74. The quantitative estimate of drug-likeness (QED) is 0.317. The van der Waals surface area contributed by atoms with E-state index in [0.717, 1.165) is 94.5 Å². The van der Waals surface area contributed by atoms with Crippen molar-refractivity contribution in [2.24, 2.45) is 5.92 Å². The highest BCUT2D eigenvalue weighted by Crippen LogP contribution is 2.32. The fourth-order valence-electron chi connectivity index (χ4n) is 6.77. The second-order valence-corrected chi connectivity index (χ2v) is 13.6. The number of morpholine rings is 1.